The number of halogens is 1. The summed E-state index contributed by atoms with van der Waals surface area (Å²) in [6.07, 6.45) is 0. The number of rotatable bonds is 10. The van der Waals surface area contributed by atoms with Gasteiger partial charge in [-0.3, -0.25) is 16.0 Å². The lowest BCUT2D eigenvalue weighted by molar-refractivity contribution is 0.0523. The number of aromatic nitrogens is 2. The van der Waals surface area contributed by atoms with E-state index in [4.69, 9.17) is 21.1 Å². The summed E-state index contributed by atoms with van der Waals surface area (Å²) in [5.74, 6) is -0.106. The van der Waals surface area contributed by atoms with Gasteiger partial charge in [0.05, 0.1) is 25.1 Å². The van der Waals surface area contributed by atoms with E-state index in [9.17, 15) is 4.79 Å². The predicted octanol–water partition coefficient (Wildman–Crippen LogP) is 2.42. The zero-order valence-electron chi connectivity index (χ0n) is 16.9. The van der Waals surface area contributed by atoms with Crippen LogP contribution in [-0.4, -0.2) is 56.1 Å². The minimum Gasteiger partial charge on any atom is -0.494 e. The van der Waals surface area contributed by atoms with Crippen molar-refractivity contribution < 1.29 is 14.3 Å². The van der Waals surface area contributed by atoms with E-state index in [-0.39, 0.29) is 11.8 Å². The molecule has 9 nitrogen and oxygen atoms in total. The Morgan fingerprint density at radius 2 is 1.86 bits per heavy atom. The summed E-state index contributed by atoms with van der Waals surface area (Å²) in [6.45, 7) is 2.02. The van der Waals surface area contributed by atoms with Crippen molar-refractivity contribution in [1.29, 1.82) is 0 Å². The molecule has 0 spiro atoms. The van der Waals surface area contributed by atoms with Gasteiger partial charge in [-0.05, 0) is 52.0 Å². The molecule has 158 valence electrons. The van der Waals surface area contributed by atoms with Crippen molar-refractivity contribution in [2.24, 2.45) is 0 Å². The van der Waals surface area contributed by atoms with Crippen LogP contribution < -0.4 is 26.0 Å². The van der Waals surface area contributed by atoms with E-state index in [1.165, 1.54) is 18.9 Å². The number of ether oxygens (including phenoxy) is 2. The van der Waals surface area contributed by atoms with Gasteiger partial charge in [0.1, 0.15) is 10.6 Å². The fraction of sp³-hybridized carbons (Fsp3) is 0.389. The molecular weight excluding hydrogens is 416 g/mol. The molecule has 0 unspecified atom stereocenters. The minimum atomic E-state index is -0.685. The maximum absolute atomic E-state index is 12.3. The van der Waals surface area contributed by atoms with Gasteiger partial charge in [0, 0.05) is 6.07 Å². The van der Waals surface area contributed by atoms with E-state index in [1.807, 2.05) is 21.1 Å². The highest BCUT2D eigenvalue weighted by molar-refractivity contribution is 8.00. The maximum atomic E-state index is 12.3. The summed E-state index contributed by atoms with van der Waals surface area (Å²) in [5, 5.41) is 21.0. The Labute approximate surface area is 179 Å². The van der Waals surface area contributed by atoms with Crippen LogP contribution in [0.1, 0.15) is 17.3 Å². The summed E-state index contributed by atoms with van der Waals surface area (Å²) in [6, 6.07) is 6.81. The summed E-state index contributed by atoms with van der Waals surface area (Å²) in [7, 11) is 6.91. The van der Waals surface area contributed by atoms with E-state index in [0.717, 1.165) is 0 Å². The monoisotopic (exact) mass is 440 g/mol. The standard InChI is InChI=1S/C18H25ClN6O3S/c1-6-28-17(26)11-8-7-9-12(15(11)27-5)23-13-10-14(19)24-25-16(13)29-18(20-2,21-3)22-4/h7-10,20-22H,6H2,1-5H3,(H,23,24). The zero-order valence-corrected chi connectivity index (χ0v) is 18.5. The SMILES string of the molecule is CCOC(=O)c1cccc(Nc2cc(Cl)nnc2SC(NC)(NC)NC)c1OC. The average molecular weight is 441 g/mol. The highest BCUT2D eigenvalue weighted by atomic mass is 35.5. The first-order chi connectivity index (χ1) is 13.9. The number of nitrogens with zero attached hydrogens (tertiary/aromatic N) is 2. The number of carbonyl (C=O) groups is 1. The first-order valence-electron chi connectivity index (χ1n) is 8.83. The number of anilines is 2. The van der Waals surface area contributed by atoms with Gasteiger partial charge in [0.15, 0.2) is 16.0 Å². The molecule has 2 aromatic rings. The van der Waals surface area contributed by atoms with Crippen molar-refractivity contribution in [3.8, 4) is 5.75 Å². The molecule has 11 heteroatoms. The molecule has 0 fully saturated rings. The fourth-order valence-electron chi connectivity index (χ4n) is 2.56. The van der Waals surface area contributed by atoms with Crippen LogP contribution in [0.4, 0.5) is 11.4 Å². The third kappa shape index (κ3) is 5.49. The Morgan fingerprint density at radius 1 is 1.17 bits per heavy atom. The van der Waals surface area contributed by atoms with Crippen molar-refractivity contribution in [2.75, 3.05) is 40.2 Å². The number of thioether (sulfide) groups is 1. The van der Waals surface area contributed by atoms with Crippen LogP contribution in [0.15, 0.2) is 29.3 Å². The molecule has 0 radical (unpaired) electrons. The largest absolute Gasteiger partial charge is 0.494 e. The number of para-hydroxylation sites is 1. The number of benzene rings is 1. The Kier molecular flexibility index (Phi) is 8.47. The molecule has 1 aromatic heterocycles. The van der Waals surface area contributed by atoms with Gasteiger partial charge in [-0.15, -0.1) is 10.2 Å². The molecule has 0 amide bonds. The molecule has 29 heavy (non-hydrogen) atoms. The summed E-state index contributed by atoms with van der Waals surface area (Å²) >= 11 is 7.44. The van der Waals surface area contributed by atoms with Gasteiger partial charge >= 0.3 is 5.97 Å². The Balaban J connectivity index is 2.46. The molecule has 0 aliphatic heterocycles. The lowest BCUT2D eigenvalue weighted by atomic mass is 10.1. The Bertz CT molecular complexity index is 842. The summed E-state index contributed by atoms with van der Waals surface area (Å²) in [4.78, 5) is 12.3. The molecule has 0 bridgehead atoms. The quantitative estimate of drug-likeness (QED) is 0.250. The van der Waals surface area contributed by atoms with E-state index in [0.29, 0.717) is 27.7 Å². The molecule has 0 aliphatic carbocycles. The van der Waals surface area contributed by atoms with Gasteiger partial charge in [-0.25, -0.2) is 4.79 Å². The topological polar surface area (TPSA) is 109 Å². The molecule has 2 rings (SSSR count). The normalized spacial score (nSPS) is 11.2. The van der Waals surface area contributed by atoms with Crippen LogP contribution in [0, 0.1) is 0 Å². The highest BCUT2D eigenvalue weighted by Gasteiger charge is 2.28. The number of hydrogen-bond acceptors (Lipinski definition) is 10. The zero-order chi connectivity index (χ0) is 21.4. The lowest BCUT2D eigenvalue weighted by Gasteiger charge is -2.31. The second-order valence-electron chi connectivity index (χ2n) is 5.65. The van der Waals surface area contributed by atoms with Crippen LogP contribution in [0.3, 0.4) is 0 Å². The average Bonchev–Trinajstić information content (AvgIpc) is 2.73. The van der Waals surface area contributed by atoms with E-state index < -0.39 is 11.1 Å². The third-order valence-electron chi connectivity index (χ3n) is 4.02. The van der Waals surface area contributed by atoms with E-state index >= 15 is 0 Å². The Hall–Kier alpha value is -2.11. The number of nitrogens with one attached hydrogen (secondary N) is 4. The van der Waals surface area contributed by atoms with Gasteiger partial charge < -0.3 is 14.8 Å². The van der Waals surface area contributed by atoms with Gasteiger partial charge in [0.25, 0.3) is 0 Å². The van der Waals surface area contributed by atoms with Crippen LogP contribution in [0.25, 0.3) is 0 Å². The molecule has 4 N–H and O–H groups in total. The maximum Gasteiger partial charge on any atom is 0.341 e. The van der Waals surface area contributed by atoms with Crippen LogP contribution in [0.2, 0.25) is 5.15 Å². The van der Waals surface area contributed by atoms with Gasteiger partial charge in [0.2, 0.25) is 0 Å². The number of carbonyl (C=O) groups excluding carboxylic acids is 1. The van der Waals surface area contributed by atoms with Crippen molar-refractivity contribution in [2.45, 2.75) is 17.1 Å². The van der Waals surface area contributed by atoms with Crippen LogP contribution in [-0.2, 0) is 4.74 Å². The lowest BCUT2D eigenvalue weighted by Crippen LogP contribution is -2.60. The molecule has 0 saturated heterocycles. The van der Waals surface area contributed by atoms with Crippen LogP contribution >= 0.6 is 23.4 Å². The number of methoxy groups -OCH3 is 1. The molecule has 0 atom stereocenters. The number of esters is 1. The second-order valence-corrected chi connectivity index (χ2v) is 7.24. The molecule has 1 heterocycles. The van der Waals surface area contributed by atoms with Gasteiger partial charge in [-0.2, -0.15) is 0 Å². The minimum absolute atomic E-state index is 0.223. The van der Waals surface area contributed by atoms with Crippen molar-refractivity contribution >= 4 is 40.7 Å². The van der Waals surface area contributed by atoms with Gasteiger partial charge in [-0.1, -0.05) is 17.7 Å². The predicted molar refractivity (Wildman–Crippen MR) is 115 cm³/mol. The third-order valence-corrected chi connectivity index (χ3v) is 5.62. The molecular formula is C18H25ClN6O3S. The first kappa shape index (κ1) is 23.2. The molecule has 0 aliphatic rings. The van der Waals surface area contributed by atoms with Crippen LogP contribution in [0.5, 0.6) is 5.75 Å². The van der Waals surface area contributed by atoms with E-state index in [2.05, 4.69) is 31.5 Å². The fourth-order valence-corrected chi connectivity index (χ4v) is 3.61. The molecule has 1 aromatic carbocycles. The summed E-state index contributed by atoms with van der Waals surface area (Å²) in [5.41, 5.74) is 1.48. The summed E-state index contributed by atoms with van der Waals surface area (Å²) < 4.78 is 10.6. The van der Waals surface area contributed by atoms with Crippen molar-refractivity contribution in [3.63, 3.8) is 0 Å². The highest BCUT2D eigenvalue weighted by Crippen LogP contribution is 2.37. The first-order valence-corrected chi connectivity index (χ1v) is 10.0. The smallest absolute Gasteiger partial charge is 0.341 e. The van der Waals surface area contributed by atoms with Crippen molar-refractivity contribution in [1.82, 2.24) is 26.1 Å². The second kappa shape index (κ2) is 10.6. The van der Waals surface area contributed by atoms with E-state index in [1.54, 1.807) is 31.2 Å². The number of hydrogen-bond donors (Lipinski definition) is 4. The van der Waals surface area contributed by atoms with Crippen molar-refractivity contribution in [3.05, 3.63) is 35.0 Å². The Morgan fingerprint density at radius 3 is 2.45 bits per heavy atom. The molecule has 0 saturated carbocycles.